The van der Waals surface area contributed by atoms with E-state index in [0.29, 0.717) is 32.7 Å². The van der Waals surface area contributed by atoms with Gasteiger partial charge in [0.05, 0.1) is 29.6 Å². The second-order valence-corrected chi connectivity index (χ2v) is 6.61. The van der Waals surface area contributed by atoms with Crippen LogP contribution >= 0.6 is 15.9 Å². The summed E-state index contributed by atoms with van der Waals surface area (Å²) >= 11 is 3.31. The molecule has 0 aliphatic rings. The van der Waals surface area contributed by atoms with Gasteiger partial charge in [-0.05, 0) is 70.5 Å². The predicted octanol–water partition coefficient (Wildman–Crippen LogP) is 5.57. The van der Waals surface area contributed by atoms with Crippen LogP contribution in [0.4, 0.5) is 11.4 Å². The van der Waals surface area contributed by atoms with Crippen LogP contribution in [0.25, 0.3) is 0 Å². The molecule has 3 rings (SSSR count). The zero-order valence-electron chi connectivity index (χ0n) is 15.3. The molecule has 0 saturated heterocycles. The highest BCUT2D eigenvalue weighted by Crippen LogP contribution is 2.20. The van der Waals surface area contributed by atoms with Gasteiger partial charge in [-0.15, -0.1) is 10.2 Å². The molecule has 0 bridgehead atoms. The van der Waals surface area contributed by atoms with Gasteiger partial charge in [-0.2, -0.15) is 0 Å². The Labute approximate surface area is 175 Å². The molecule has 29 heavy (non-hydrogen) atoms. The highest BCUT2D eigenvalue weighted by Gasteiger charge is 2.09. The molecule has 8 heteroatoms. The lowest BCUT2D eigenvalue weighted by atomic mass is 10.2. The summed E-state index contributed by atoms with van der Waals surface area (Å²) in [4.78, 5) is 29.2. The minimum absolute atomic E-state index is 0.354. The van der Waals surface area contributed by atoms with Crippen molar-refractivity contribution in [2.24, 2.45) is 10.2 Å². The van der Waals surface area contributed by atoms with E-state index in [1.54, 1.807) is 66.7 Å². The summed E-state index contributed by atoms with van der Waals surface area (Å²) in [6.07, 6.45) is 0. The smallest absolute Gasteiger partial charge is 0.362 e. The minimum Gasteiger partial charge on any atom is -0.497 e. The molecule has 0 heterocycles. The summed E-state index contributed by atoms with van der Waals surface area (Å²) in [7, 11) is 1.52. The van der Waals surface area contributed by atoms with Crippen LogP contribution < -0.4 is 10.2 Å². The Morgan fingerprint density at radius 3 is 2.45 bits per heavy atom. The molecule has 0 saturated carbocycles. The Balaban J connectivity index is 1.58. The highest BCUT2D eigenvalue weighted by atomic mass is 79.9. The Bertz CT molecular complexity index is 1050. The molecule has 0 aliphatic heterocycles. The van der Waals surface area contributed by atoms with E-state index in [4.69, 9.17) is 9.57 Å². The van der Waals surface area contributed by atoms with Crippen LogP contribution in [0, 0.1) is 0 Å². The summed E-state index contributed by atoms with van der Waals surface area (Å²) in [6, 6.07) is 20.2. The molecule has 0 spiro atoms. The summed E-state index contributed by atoms with van der Waals surface area (Å²) in [5.74, 6) is -0.440. The molecule has 0 unspecified atom stereocenters. The van der Waals surface area contributed by atoms with Crippen LogP contribution in [-0.2, 0) is 4.84 Å². The summed E-state index contributed by atoms with van der Waals surface area (Å²) in [5, 5.41) is 7.66. The van der Waals surface area contributed by atoms with Gasteiger partial charge in [0.1, 0.15) is 5.75 Å². The molecule has 0 atom stereocenters. The number of methoxy groups -OCH3 is 1. The summed E-state index contributed by atoms with van der Waals surface area (Å²) < 4.78 is 5.74. The van der Waals surface area contributed by atoms with Gasteiger partial charge in [-0.25, -0.2) is 10.3 Å². The Morgan fingerprint density at radius 1 is 0.966 bits per heavy atom. The van der Waals surface area contributed by atoms with Gasteiger partial charge >= 0.3 is 5.97 Å². The number of anilines is 1. The van der Waals surface area contributed by atoms with Crippen molar-refractivity contribution in [3.8, 4) is 5.75 Å². The van der Waals surface area contributed by atoms with Gasteiger partial charge in [-0.3, -0.25) is 4.79 Å². The molecule has 0 fully saturated rings. The first-order valence-corrected chi connectivity index (χ1v) is 9.28. The van der Waals surface area contributed by atoms with Crippen molar-refractivity contribution < 1.29 is 19.2 Å². The first-order chi connectivity index (χ1) is 14.1. The molecule has 7 nitrogen and oxygen atoms in total. The summed E-state index contributed by atoms with van der Waals surface area (Å²) in [5.41, 5.74) is 4.37. The Kier molecular flexibility index (Phi) is 6.70. The molecule has 3 aromatic rings. The fourth-order valence-electron chi connectivity index (χ4n) is 2.30. The first kappa shape index (κ1) is 20.2. The lowest BCUT2D eigenvalue weighted by molar-refractivity contribution is 0.0596. The molecule has 146 valence electrons. The van der Waals surface area contributed by atoms with E-state index in [9.17, 15) is 9.59 Å². The van der Waals surface area contributed by atoms with Gasteiger partial charge in [0, 0.05) is 4.47 Å². The van der Waals surface area contributed by atoms with Crippen LogP contribution in [0.1, 0.15) is 20.7 Å². The second-order valence-electron chi connectivity index (χ2n) is 5.76. The van der Waals surface area contributed by atoms with E-state index in [-0.39, 0.29) is 0 Å². The number of nitrogens with zero attached hydrogens (tertiary/aromatic N) is 2. The van der Waals surface area contributed by atoms with E-state index >= 15 is 0 Å². The van der Waals surface area contributed by atoms with Crippen molar-refractivity contribution in [2.45, 2.75) is 0 Å². The van der Waals surface area contributed by atoms with Crippen molar-refractivity contribution in [3.05, 3.63) is 88.4 Å². The Morgan fingerprint density at radius 2 is 1.72 bits per heavy atom. The fraction of sp³-hybridized carbons (Fsp3) is 0.0476. The van der Waals surface area contributed by atoms with E-state index in [0.717, 1.165) is 0 Å². The van der Waals surface area contributed by atoms with Gasteiger partial charge in [0.15, 0.2) is 0 Å². The molecule has 0 radical (unpaired) electrons. The van der Waals surface area contributed by atoms with Crippen molar-refractivity contribution in [1.82, 2.24) is 0 Å². The number of benzene rings is 3. The van der Waals surface area contributed by atoms with E-state index in [2.05, 4.69) is 31.6 Å². The Hall–Kier alpha value is -3.52. The van der Waals surface area contributed by atoms with E-state index in [1.165, 1.54) is 7.11 Å². The molecule has 0 aliphatic carbocycles. The summed E-state index contributed by atoms with van der Waals surface area (Å²) in [6.45, 7) is 0. The fourth-order valence-corrected chi connectivity index (χ4v) is 2.76. The second kappa shape index (κ2) is 9.61. The number of hydrogen-bond acceptors (Lipinski definition) is 6. The van der Waals surface area contributed by atoms with Crippen LogP contribution in [0.3, 0.4) is 0 Å². The maximum Gasteiger partial charge on any atom is 0.362 e. The minimum atomic E-state index is -0.549. The zero-order chi connectivity index (χ0) is 20.6. The molecular formula is C21H16BrN3O4. The number of nitrogens with one attached hydrogen (secondary N) is 1. The van der Waals surface area contributed by atoms with Crippen molar-refractivity contribution in [1.29, 1.82) is 0 Å². The first-order valence-electron chi connectivity index (χ1n) is 8.49. The van der Waals surface area contributed by atoms with Gasteiger partial charge < -0.3 is 9.57 Å². The number of rotatable bonds is 6. The van der Waals surface area contributed by atoms with Crippen LogP contribution in [-0.4, -0.2) is 19.0 Å². The highest BCUT2D eigenvalue weighted by molar-refractivity contribution is 9.10. The van der Waals surface area contributed by atoms with Gasteiger partial charge in [-0.1, -0.05) is 18.2 Å². The maximum atomic E-state index is 12.1. The van der Waals surface area contributed by atoms with Crippen LogP contribution in [0.5, 0.6) is 5.75 Å². The molecule has 3 aromatic carbocycles. The zero-order valence-corrected chi connectivity index (χ0v) is 16.9. The van der Waals surface area contributed by atoms with E-state index < -0.39 is 11.9 Å². The number of ether oxygens (including phenoxy) is 1. The third kappa shape index (κ3) is 5.49. The molecule has 1 amide bonds. The van der Waals surface area contributed by atoms with Crippen molar-refractivity contribution in [3.63, 3.8) is 0 Å². The third-order valence-electron chi connectivity index (χ3n) is 3.79. The van der Waals surface area contributed by atoms with Gasteiger partial charge in [0.2, 0.25) is 0 Å². The van der Waals surface area contributed by atoms with Crippen molar-refractivity contribution in [2.75, 3.05) is 12.6 Å². The number of carbonyl (C=O) groups is 2. The molecule has 1 N–H and O–H groups in total. The maximum absolute atomic E-state index is 12.1. The number of hydrogen-bond donors (Lipinski definition) is 1. The van der Waals surface area contributed by atoms with Crippen LogP contribution in [0.2, 0.25) is 0 Å². The average Bonchev–Trinajstić information content (AvgIpc) is 2.77. The number of azo groups is 1. The lowest BCUT2D eigenvalue weighted by Crippen LogP contribution is -2.10. The monoisotopic (exact) mass is 453 g/mol. The number of carbonyl (C=O) groups excluding carboxylic acids is 2. The SMILES string of the molecule is COc1cccc(C(=O)ONc2ccc(N=NC(=O)c3ccccc3Br)cc2)c1. The van der Waals surface area contributed by atoms with Gasteiger partial charge in [0.25, 0.3) is 5.91 Å². The third-order valence-corrected chi connectivity index (χ3v) is 4.49. The quantitative estimate of drug-likeness (QED) is 0.389. The molecular weight excluding hydrogens is 438 g/mol. The normalized spacial score (nSPS) is 10.6. The van der Waals surface area contributed by atoms with E-state index in [1.807, 2.05) is 6.07 Å². The van der Waals surface area contributed by atoms with Crippen LogP contribution in [0.15, 0.2) is 87.5 Å². The predicted molar refractivity (Wildman–Crippen MR) is 111 cm³/mol. The number of amides is 1. The van der Waals surface area contributed by atoms with Crippen molar-refractivity contribution >= 4 is 39.2 Å². The number of halogens is 1. The topological polar surface area (TPSA) is 89.3 Å². The average molecular weight is 454 g/mol. The lowest BCUT2D eigenvalue weighted by Gasteiger charge is -2.07. The standard InChI is InChI=1S/C21H16BrN3O4/c1-28-17-6-4-5-14(13-17)21(27)29-25-16-11-9-15(10-12-16)23-24-20(26)18-7-2-3-8-19(18)22/h2-13,25H,1H3. The molecule has 0 aromatic heterocycles. The largest absolute Gasteiger partial charge is 0.497 e.